The van der Waals surface area contributed by atoms with E-state index in [1.807, 2.05) is 0 Å². The lowest BCUT2D eigenvalue weighted by Crippen LogP contribution is -2.41. The predicted octanol–water partition coefficient (Wildman–Crippen LogP) is 1.21. The van der Waals surface area contributed by atoms with Crippen LogP contribution in [0.1, 0.15) is 13.8 Å². The molecule has 0 radical (unpaired) electrons. The fourth-order valence-corrected chi connectivity index (χ4v) is 1.98. The molecule has 0 saturated heterocycles. The van der Waals surface area contributed by atoms with Crippen molar-refractivity contribution in [2.24, 2.45) is 0 Å². The summed E-state index contributed by atoms with van der Waals surface area (Å²) in [6, 6.07) is 2.29. The molecular formula is C14H16FN3O4. The first-order chi connectivity index (χ1) is 10.3. The number of pyridine rings is 1. The third-order valence-electron chi connectivity index (χ3n) is 3.05. The van der Waals surface area contributed by atoms with Crippen LogP contribution in [-0.2, 0) is 9.53 Å². The van der Waals surface area contributed by atoms with Crippen molar-refractivity contribution in [3.63, 3.8) is 0 Å². The molecule has 8 heteroatoms. The Balaban J connectivity index is 2.53. The Morgan fingerprint density at radius 3 is 2.64 bits per heavy atom. The largest absolute Gasteiger partial charge is 0.481 e. The van der Waals surface area contributed by atoms with Crippen LogP contribution in [0.25, 0.3) is 5.65 Å². The van der Waals surface area contributed by atoms with Gasteiger partial charge in [0.05, 0.1) is 26.0 Å². The van der Waals surface area contributed by atoms with Gasteiger partial charge in [0.1, 0.15) is 5.54 Å². The average molecular weight is 309 g/mol. The van der Waals surface area contributed by atoms with Crippen LogP contribution in [-0.4, -0.2) is 35.1 Å². The number of esters is 1. The van der Waals surface area contributed by atoms with E-state index in [4.69, 9.17) is 4.74 Å². The standard InChI is InChI=1S/C14H16FN3O4/c1-14(2,13(20)22-4)17-8-5-9(15)12-16-10(21-3)6-11(19)18(12)7-8/h5-7,17H,1-4H3. The van der Waals surface area contributed by atoms with Crippen LogP contribution < -0.4 is 15.6 Å². The summed E-state index contributed by atoms with van der Waals surface area (Å²) in [7, 11) is 2.60. The zero-order chi connectivity index (χ0) is 16.5. The van der Waals surface area contributed by atoms with Crippen LogP contribution in [0.5, 0.6) is 5.88 Å². The SMILES string of the molecule is COC(=O)C(C)(C)Nc1cc(F)c2nc(OC)cc(=O)n2c1. The molecule has 2 rings (SSSR count). The van der Waals surface area contributed by atoms with Crippen molar-refractivity contribution in [2.75, 3.05) is 19.5 Å². The van der Waals surface area contributed by atoms with Gasteiger partial charge in [-0.05, 0) is 13.8 Å². The van der Waals surface area contributed by atoms with E-state index < -0.39 is 22.9 Å². The maximum atomic E-state index is 14.2. The van der Waals surface area contributed by atoms with Crippen molar-refractivity contribution in [3.05, 3.63) is 34.5 Å². The fourth-order valence-electron chi connectivity index (χ4n) is 1.98. The quantitative estimate of drug-likeness (QED) is 0.855. The van der Waals surface area contributed by atoms with Crippen molar-refractivity contribution in [1.82, 2.24) is 9.38 Å². The highest BCUT2D eigenvalue weighted by Crippen LogP contribution is 2.19. The van der Waals surface area contributed by atoms with Gasteiger partial charge in [0, 0.05) is 12.3 Å². The molecular weight excluding hydrogens is 293 g/mol. The molecule has 1 N–H and O–H groups in total. The maximum absolute atomic E-state index is 14.2. The van der Waals surface area contributed by atoms with Gasteiger partial charge in [-0.2, -0.15) is 4.98 Å². The minimum absolute atomic E-state index is 0.0273. The first-order valence-corrected chi connectivity index (χ1v) is 6.42. The van der Waals surface area contributed by atoms with Crippen LogP contribution in [0.4, 0.5) is 10.1 Å². The Hall–Kier alpha value is -2.64. The van der Waals surface area contributed by atoms with Crippen molar-refractivity contribution >= 4 is 17.3 Å². The van der Waals surface area contributed by atoms with E-state index in [0.717, 1.165) is 16.5 Å². The second-order valence-corrected chi connectivity index (χ2v) is 5.15. The normalized spacial score (nSPS) is 11.3. The lowest BCUT2D eigenvalue weighted by Gasteiger charge is -2.24. The molecule has 2 aromatic rings. The van der Waals surface area contributed by atoms with Gasteiger partial charge in [0.25, 0.3) is 5.56 Å². The molecule has 22 heavy (non-hydrogen) atoms. The smallest absolute Gasteiger partial charge is 0.330 e. The molecule has 7 nitrogen and oxygen atoms in total. The van der Waals surface area contributed by atoms with E-state index >= 15 is 0 Å². The second kappa shape index (κ2) is 5.63. The molecule has 0 saturated carbocycles. The Bertz CT molecular complexity index is 785. The van der Waals surface area contributed by atoms with Crippen LogP contribution in [0.15, 0.2) is 23.1 Å². The number of anilines is 1. The van der Waals surface area contributed by atoms with Crippen molar-refractivity contribution in [1.29, 1.82) is 0 Å². The molecule has 0 aliphatic heterocycles. The summed E-state index contributed by atoms with van der Waals surface area (Å²) >= 11 is 0. The van der Waals surface area contributed by atoms with Crippen molar-refractivity contribution in [2.45, 2.75) is 19.4 Å². The lowest BCUT2D eigenvalue weighted by atomic mass is 10.1. The monoisotopic (exact) mass is 309 g/mol. The number of nitrogens with zero attached hydrogens (tertiary/aromatic N) is 2. The van der Waals surface area contributed by atoms with Gasteiger partial charge in [-0.25, -0.2) is 9.18 Å². The molecule has 0 aromatic carbocycles. The van der Waals surface area contributed by atoms with Gasteiger partial charge >= 0.3 is 5.97 Å². The molecule has 0 unspecified atom stereocenters. The van der Waals surface area contributed by atoms with E-state index in [1.54, 1.807) is 13.8 Å². The Morgan fingerprint density at radius 1 is 1.36 bits per heavy atom. The van der Waals surface area contributed by atoms with Crippen LogP contribution >= 0.6 is 0 Å². The molecule has 2 aromatic heterocycles. The second-order valence-electron chi connectivity index (χ2n) is 5.15. The Morgan fingerprint density at radius 2 is 2.05 bits per heavy atom. The lowest BCUT2D eigenvalue weighted by molar-refractivity contribution is -0.144. The summed E-state index contributed by atoms with van der Waals surface area (Å²) in [6.07, 6.45) is 1.36. The number of hydrogen-bond acceptors (Lipinski definition) is 6. The number of carbonyl (C=O) groups excluding carboxylic acids is 1. The van der Waals surface area contributed by atoms with Crippen LogP contribution in [0, 0.1) is 5.82 Å². The van der Waals surface area contributed by atoms with Crippen LogP contribution in [0.3, 0.4) is 0 Å². The number of ether oxygens (including phenoxy) is 2. The van der Waals surface area contributed by atoms with E-state index in [9.17, 15) is 14.0 Å². The van der Waals surface area contributed by atoms with Crippen molar-refractivity contribution < 1.29 is 18.7 Å². The molecule has 0 amide bonds. The van der Waals surface area contributed by atoms with E-state index in [0.29, 0.717) is 0 Å². The summed E-state index contributed by atoms with van der Waals surface area (Å²) in [5, 5.41) is 2.82. The molecule has 0 aliphatic rings. The topological polar surface area (TPSA) is 81.9 Å². The van der Waals surface area contributed by atoms with Gasteiger partial charge in [-0.1, -0.05) is 0 Å². The molecule has 0 spiro atoms. The third-order valence-corrected chi connectivity index (χ3v) is 3.05. The van der Waals surface area contributed by atoms with Crippen molar-refractivity contribution in [3.8, 4) is 5.88 Å². The average Bonchev–Trinajstić information content (AvgIpc) is 2.46. The zero-order valence-electron chi connectivity index (χ0n) is 12.6. The van der Waals surface area contributed by atoms with Gasteiger partial charge in [-0.15, -0.1) is 0 Å². The maximum Gasteiger partial charge on any atom is 0.330 e. The zero-order valence-corrected chi connectivity index (χ0v) is 12.6. The molecule has 0 atom stereocenters. The highest BCUT2D eigenvalue weighted by Gasteiger charge is 2.28. The highest BCUT2D eigenvalue weighted by atomic mass is 19.1. The third kappa shape index (κ3) is 2.85. The Labute approximate surface area is 125 Å². The van der Waals surface area contributed by atoms with Gasteiger partial charge < -0.3 is 14.8 Å². The summed E-state index contributed by atoms with van der Waals surface area (Å²) in [4.78, 5) is 27.5. The first-order valence-electron chi connectivity index (χ1n) is 6.42. The van der Waals surface area contributed by atoms with Gasteiger partial charge in [-0.3, -0.25) is 9.20 Å². The van der Waals surface area contributed by atoms with Crippen LogP contribution in [0.2, 0.25) is 0 Å². The molecule has 0 fully saturated rings. The summed E-state index contributed by atoms with van der Waals surface area (Å²) in [5.74, 6) is -1.21. The number of carbonyl (C=O) groups is 1. The van der Waals surface area contributed by atoms with E-state index in [1.165, 1.54) is 20.4 Å². The predicted molar refractivity (Wildman–Crippen MR) is 77.7 cm³/mol. The number of fused-ring (bicyclic) bond motifs is 1. The first kappa shape index (κ1) is 15.7. The number of nitrogens with one attached hydrogen (secondary N) is 1. The van der Waals surface area contributed by atoms with Gasteiger partial charge in [0.15, 0.2) is 11.5 Å². The molecule has 0 aliphatic carbocycles. The molecule has 0 bridgehead atoms. The highest BCUT2D eigenvalue weighted by molar-refractivity contribution is 5.83. The number of aromatic nitrogens is 2. The fraction of sp³-hybridized carbons (Fsp3) is 0.357. The summed E-state index contributed by atoms with van der Waals surface area (Å²) < 4.78 is 24.7. The van der Waals surface area contributed by atoms with E-state index in [-0.39, 0.29) is 17.2 Å². The number of rotatable bonds is 4. The minimum Gasteiger partial charge on any atom is -0.481 e. The summed E-state index contributed by atoms with van der Waals surface area (Å²) in [5.41, 5.74) is -1.50. The minimum atomic E-state index is -1.08. The molecule has 118 valence electrons. The molecule has 2 heterocycles. The number of methoxy groups -OCH3 is 2. The van der Waals surface area contributed by atoms with Gasteiger partial charge in [0.2, 0.25) is 5.88 Å². The van der Waals surface area contributed by atoms with E-state index in [2.05, 4.69) is 15.0 Å². The number of hydrogen-bond donors (Lipinski definition) is 1. The Kier molecular flexibility index (Phi) is 4.03. The summed E-state index contributed by atoms with van der Waals surface area (Å²) in [6.45, 7) is 3.16. The number of halogens is 1.